The summed E-state index contributed by atoms with van der Waals surface area (Å²) >= 11 is 12.4. The molecule has 2 N–H and O–H groups in total. The molecule has 35 heavy (non-hydrogen) atoms. The van der Waals surface area contributed by atoms with Gasteiger partial charge in [0.05, 0.1) is 28.1 Å². The van der Waals surface area contributed by atoms with Crippen molar-refractivity contribution in [2.24, 2.45) is 0 Å². The highest BCUT2D eigenvalue weighted by atomic mass is 35.5. The van der Waals surface area contributed by atoms with Crippen molar-refractivity contribution in [3.8, 4) is 11.5 Å². The number of amides is 1. The largest absolute Gasteiger partial charge is 0.487 e. The smallest absolute Gasteiger partial charge is 0.256 e. The first-order chi connectivity index (χ1) is 16.7. The predicted molar refractivity (Wildman–Crippen MR) is 134 cm³/mol. The van der Waals surface area contributed by atoms with Crippen molar-refractivity contribution in [2.45, 2.75) is 43.8 Å². The zero-order valence-corrected chi connectivity index (χ0v) is 21.1. The molecule has 184 valence electrons. The fourth-order valence-corrected chi connectivity index (χ4v) is 5.68. The second-order valence-corrected chi connectivity index (χ2v) is 11.3. The Kier molecular flexibility index (Phi) is 6.41. The summed E-state index contributed by atoms with van der Waals surface area (Å²) in [5.41, 5.74) is 1.61. The lowest BCUT2D eigenvalue weighted by Crippen LogP contribution is -2.26. The average Bonchev–Trinajstić information content (AvgIpc) is 3.43. The van der Waals surface area contributed by atoms with Gasteiger partial charge in [0.15, 0.2) is 11.5 Å². The van der Waals surface area contributed by atoms with Gasteiger partial charge in [-0.1, -0.05) is 23.2 Å². The van der Waals surface area contributed by atoms with Crippen LogP contribution in [0, 0.1) is 0 Å². The lowest BCUT2D eigenvalue weighted by molar-refractivity contribution is 0.102. The number of pyridine rings is 1. The van der Waals surface area contributed by atoms with Crippen LogP contribution in [0.1, 0.15) is 47.5 Å². The molecule has 0 spiro atoms. The number of hydrogen-bond acceptors (Lipinski definition) is 6. The first-order valence-corrected chi connectivity index (χ1v) is 13.8. The number of allylic oxidation sites excluding steroid dienone is 1. The lowest BCUT2D eigenvalue weighted by atomic mass is 9.87. The minimum Gasteiger partial charge on any atom is -0.487 e. The van der Waals surface area contributed by atoms with Gasteiger partial charge in [0, 0.05) is 35.1 Å². The van der Waals surface area contributed by atoms with E-state index < -0.39 is 28.0 Å². The van der Waals surface area contributed by atoms with Crippen molar-refractivity contribution in [1.29, 1.82) is 0 Å². The molecule has 2 unspecified atom stereocenters. The van der Waals surface area contributed by atoms with Crippen LogP contribution in [0.3, 0.4) is 0 Å². The van der Waals surface area contributed by atoms with Crippen LogP contribution in [-0.2, 0) is 10.0 Å². The van der Waals surface area contributed by atoms with Crippen molar-refractivity contribution >= 4 is 44.8 Å². The topological polar surface area (TPSA) is 107 Å². The Hall–Kier alpha value is -2.75. The molecule has 1 aliphatic heterocycles. The Labute approximate surface area is 213 Å². The number of nitrogens with zero attached hydrogens (tertiary/aromatic N) is 1. The molecule has 2 atom stereocenters. The van der Waals surface area contributed by atoms with E-state index in [1.165, 1.54) is 12.4 Å². The number of sulfonamides is 1. The Morgan fingerprint density at radius 3 is 2.57 bits per heavy atom. The highest BCUT2D eigenvalue weighted by Crippen LogP contribution is 2.49. The van der Waals surface area contributed by atoms with Gasteiger partial charge in [0.1, 0.15) is 6.10 Å². The molecule has 1 saturated carbocycles. The van der Waals surface area contributed by atoms with Crippen LogP contribution in [0.4, 0.5) is 5.69 Å². The Bertz CT molecular complexity index is 1330. The number of nitrogens with one attached hydrogen (secondary N) is 2. The molecule has 8 nitrogen and oxygen atoms in total. The fourth-order valence-electron chi connectivity index (χ4n) is 4.66. The van der Waals surface area contributed by atoms with E-state index >= 15 is 0 Å². The van der Waals surface area contributed by atoms with E-state index in [-0.39, 0.29) is 21.8 Å². The fraction of sp³-hybridized carbons (Fsp3) is 0.333. The number of halogens is 2. The number of carbonyl (C=O) groups is 1. The van der Waals surface area contributed by atoms with Crippen LogP contribution >= 0.6 is 23.2 Å². The summed E-state index contributed by atoms with van der Waals surface area (Å²) in [7, 11) is -3.48. The van der Waals surface area contributed by atoms with E-state index in [0.717, 1.165) is 31.9 Å². The van der Waals surface area contributed by atoms with E-state index in [0.29, 0.717) is 28.3 Å². The van der Waals surface area contributed by atoms with Crippen molar-refractivity contribution < 1.29 is 22.7 Å². The van der Waals surface area contributed by atoms with E-state index in [9.17, 15) is 13.2 Å². The van der Waals surface area contributed by atoms with Crippen LogP contribution in [0.2, 0.25) is 10.0 Å². The molecule has 0 bridgehead atoms. The maximum Gasteiger partial charge on any atom is 0.256 e. The SMILES string of the molecule is CS(=O)(=O)NC1=CC2c3c(C(=O)Nc4c(Cl)cncc4Cl)ccc(OC4CCCC4)c3OC2C=C1. The summed E-state index contributed by atoms with van der Waals surface area (Å²) in [5, 5.41) is 3.19. The molecule has 3 aliphatic rings. The van der Waals surface area contributed by atoms with E-state index in [4.69, 9.17) is 32.7 Å². The molecule has 5 rings (SSSR count). The van der Waals surface area contributed by atoms with Gasteiger partial charge in [-0.2, -0.15) is 0 Å². The van der Waals surface area contributed by atoms with Gasteiger partial charge in [-0.25, -0.2) is 8.42 Å². The minimum absolute atomic E-state index is 0.0907. The lowest BCUT2D eigenvalue weighted by Gasteiger charge is -2.20. The Morgan fingerprint density at radius 1 is 1.17 bits per heavy atom. The van der Waals surface area contributed by atoms with E-state index in [2.05, 4.69) is 15.0 Å². The number of anilines is 1. The van der Waals surface area contributed by atoms with Gasteiger partial charge >= 0.3 is 0 Å². The van der Waals surface area contributed by atoms with Gasteiger partial charge in [0.25, 0.3) is 5.91 Å². The summed E-state index contributed by atoms with van der Waals surface area (Å²) in [6.45, 7) is 0. The van der Waals surface area contributed by atoms with Crippen LogP contribution in [0.25, 0.3) is 0 Å². The molecule has 1 amide bonds. The predicted octanol–water partition coefficient (Wildman–Crippen LogP) is 4.81. The van der Waals surface area contributed by atoms with Crippen LogP contribution < -0.4 is 19.5 Å². The van der Waals surface area contributed by atoms with Crippen molar-refractivity contribution in [2.75, 3.05) is 11.6 Å². The summed E-state index contributed by atoms with van der Waals surface area (Å²) < 4.78 is 38.6. The van der Waals surface area contributed by atoms with Gasteiger partial charge in [-0.05, 0) is 56.0 Å². The standard InChI is InChI=1S/C24H23Cl2N3O5S/c1-35(31,32)29-13-6-8-19-16(10-13)21-15(24(30)28-22-17(25)11-27-12-18(22)26)7-9-20(23(21)34-19)33-14-4-2-3-5-14/h6-12,14,16,19,29H,2-5H2,1H3,(H,27,28,30). The van der Waals surface area contributed by atoms with Crippen molar-refractivity contribution in [3.05, 3.63) is 69.6 Å². The number of benzene rings is 1. The number of ether oxygens (including phenoxy) is 2. The van der Waals surface area contributed by atoms with E-state index in [1.54, 1.807) is 30.4 Å². The molecular weight excluding hydrogens is 513 g/mol. The minimum atomic E-state index is -3.48. The summed E-state index contributed by atoms with van der Waals surface area (Å²) in [6.07, 6.45) is 12.9. The number of aromatic nitrogens is 1. The number of rotatable bonds is 6. The average molecular weight is 536 g/mol. The quantitative estimate of drug-likeness (QED) is 0.549. The molecule has 1 fully saturated rings. The first kappa shape index (κ1) is 24.0. The van der Waals surface area contributed by atoms with Crippen molar-refractivity contribution in [1.82, 2.24) is 9.71 Å². The van der Waals surface area contributed by atoms with Crippen molar-refractivity contribution in [3.63, 3.8) is 0 Å². The molecule has 1 aromatic heterocycles. The second-order valence-electron chi connectivity index (χ2n) is 8.77. The van der Waals surface area contributed by atoms with Gasteiger partial charge in [-0.15, -0.1) is 0 Å². The molecule has 2 heterocycles. The number of carbonyl (C=O) groups excluding carboxylic acids is 1. The molecule has 0 saturated heterocycles. The second kappa shape index (κ2) is 9.37. The number of fused-ring (bicyclic) bond motifs is 3. The summed E-state index contributed by atoms with van der Waals surface area (Å²) in [6, 6.07) is 3.42. The molecule has 0 radical (unpaired) electrons. The maximum atomic E-state index is 13.4. The third kappa shape index (κ3) is 4.98. The Morgan fingerprint density at radius 2 is 1.89 bits per heavy atom. The molecule has 2 aliphatic carbocycles. The first-order valence-electron chi connectivity index (χ1n) is 11.2. The molecule has 1 aromatic carbocycles. The monoisotopic (exact) mass is 535 g/mol. The van der Waals surface area contributed by atoms with E-state index in [1.807, 2.05) is 0 Å². The number of hydrogen-bond donors (Lipinski definition) is 2. The van der Waals surface area contributed by atoms with Crippen LogP contribution in [-0.4, -0.2) is 37.8 Å². The molecular formula is C24H23Cl2N3O5S. The highest BCUT2D eigenvalue weighted by Gasteiger charge is 2.40. The zero-order valence-electron chi connectivity index (χ0n) is 18.8. The van der Waals surface area contributed by atoms with Crippen LogP contribution in [0.5, 0.6) is 11.5 Å². The summed E-state index contributed by atoms with van der Waals surface area (Å²) in [5.74, 6) is 0.203. The normalized spacial score (nSPS) is 21.1. The summed E-state index contributed by atoms with van der Waals surface area (Å²) in [4.78, 5) is 17.3. The molecule has 2 aromatic rings. The Balaban J connectivity index is 1.55. The third-order valence-electron chi connectivity index (χ3n) is 6.16. The zero-order chi connectivity index (χ0) is 24.7. The van der Waals surface area contributed by atoms with Gasteiger partial charge < -0.3 is 14.8 Å². The van der Waals surface area contributed by atoms with Gasteiger partial charge in [0.2, 0.25) is 10.0 Å². The third-order valence-corrected chi connectivity index (χ3v) is 7.34. The highest BCUT2D eigenvalue weighted by molar-refractivity contribution is 7.88. The van der Waals surface area contributed by atoms with Gasteiger partial charge in [-0.3, -0.25) is 14.5 Å². The van der Waals surface area contributed by atoms with Crippen LogP contribution in [0.15, 0.2) is 48.5 Å². The molecule has 11 heteroatoms. The maximum absolute atomic E-state index is 13.4.